The van der Waals surface area contributed by atoms with E-state index in [2.05, 4.69) is 27.5 Å². The summed E-state index contributed by atoms with van der Waals surface area (Å²) in [6.07, 6.45) is 1.84. The predicted molar refractivity (Wildman–Crippen MR) is 106 cm³/mol. The molecule has 2 heterocycles. The van der Waals surface area contributed by atoms with Gasteiger partial charge in [-0.15, -0.1) is 17.9 Å². The van der Waals surface area contributed by atoms with Crippen LogP contribution in [0.3, 0.4) is 0 Å². The molecule has 0 unspecified atom stereocenters. The Morgan fingerprint density at radius 2 is 2.19 bits per heavy atom. The average molecular weight is 382 g/mol. The number of aryl methyl sites for hydroxylation is 1. The number of carbonyl (C=O) groups is 1. The maximum absolute atomic E-state index is 12.4. The standard InChI is InChI=1S/C19H18N4O3S/c1-4-8-22-12(2)9-16(13(22)3)17-11-27-19(20-17)21-18(24)14-6-5-7-15(10-14)23(25)26/h4-7,9-11H,1,8H2,2-3H3,(H,20,21,24). The molecule has 0 aliphatic rings. The lowest BCUT2D eigenvalue weighted by Crippen LogP contribution is -2.11. The van der Waals surface area contributed by atoms with E-state index in [4.69, 9.17) is 0 Å². The fraction of sp³-hybridized carbons (Fsp3) is 0.158. The van der Waals surface area contributed by atoms with Crippen molar-refractivity contribution in [2.45, 2.75) is 20.4 Å². The number of nitro groups is 1. The number of non-ortho nitro benzene ring substituents is 1. The largest absolute Gasteiger partial charge is 0.345 e. The Hall–Kier alpha value is -3.26. The van der Waals surface area contributed by atoms with Crippen molar-refractivity contribution in [2.75, 3.05) is 5.32 Å². The molecule has 0 radical (unpaired) electrons. The van der Waals surface area contributed by atoms with Crippen LogP contribution < -0.4 is 5.32 Å². The lowest BCUT2D eigenvalue weighted by molar-refractivity contribution is -0.384. The summed E-state index contributed by atoms with van der Waals surface area (Å²) < 4.78 is 2.14. The Bertz CT molecular complexity index is 1040. The molecule has 3 rings (SSSR count). The van der Waals surface area contributed by atoms with Gasteiger partial charge in [0.05, 0.1) is 10.6 Å². The normalized spacial score (nSPS) is 10.6. The zero-order chi connectivity index (χ0) is 19.6. The molecular formula is C19H18N4O3S. The molecule has 0 aliphatic heterocycles. The van der Waals surface area contributed by atoms with Crippen LogP contribution in [0, 0.1) is 24.0 Å². The fourth-order valence-electron chi connectivity index (χ4n) is 2.86. The lowest BCUT2D eigenvalue weighted by Gasteiger charge is -2.05. The number of allylic oxidation sites excluding steroid dienone is 1. The molecule has 2 aromatic heterocycles. The molecule has 138 valence electrons. The van der Waals surface area contributed by atoms with E-state index in [1.54, 1.807) is 0 Å². The van der Waals surface area contributed by atoms with Crippen molar-refractivity contribution in [2.24, 2.45) is 0 Å². The summed E-state index contributed by atoms with van der Waals surface area (Å²) in [6.45, 7) is 8.54. The Morgan fingerprint density at radius 3 is 2.89 bits per heavy atom. The molecular weight excluding hydrogens is 364 g/mol. The van der Waals surface area contributed by atoms with Crippen LogP contribution >= 0.6 is 11.3 Å². The first-order chi connectivity index (χ1) is 12.9. The minimum Gasteiger partial charge on any atom is -0.345 e. The number of nitrogens with zero attached hydrogens (tertiary/aromatic N) is 3. The Balaban J connectivity index is 1.82. The molecule has 0 aliphatic carbocycles. The first-order valence-electron chi connectivity index (χ1n) is 8.20. The molecule has 8 heteroatoms. The van der Waals surface area contributed by atoms with Gasteiger partial charge >= 0.3 is 0 Å². The molecule has 0 atom stereocenters. The van der Waals surface area contributed by atoms with Crippen molar-refractivity contribution in [3.8, 4) is 11.3 Å². The van der Waals surface area contributed by atoms with Gasteiger partial charge in [0.15, 0.2) is 5.13 Å². The molecule has 0 bridgehead atoms. The Morgan fingerprint density at radius 1 is 1.41 bits per heavy atom. The first-order valence-corrected chi connectivity index (χ1v) is 9.08. The first kappa shape index (κ1) is 18.5. The molecule has 0 saturated carbocycles. The minimum atomic E-state index is -0.530. The summed E-state index contributed by atoms with van der Waals surface area (Å²) >= 11 is 1.31. The van der Waals surface area contributed by atoms with Crippen LogP contribution in [-0.4, -0.2) is 20.4 Å². The Labute approximate surface area is 160 Å². The average Bonchev–Trinajstić information content (AvgIpc) is 3.21. The fourth-order valence-corrected chi connectivity index (χ4v) is 3.56. The molecule has 1 amide bonds. The number of amides is 1. The van der Waals surface area contributed by atoms with Crippen LogP contribution in [0.2, 0.25) is 0 Å². The molecule has 0 spiro atoms. The highest BCUT2D eigenvalue weighted by molar-refractivity contribution is 7.14. The molecule has 0 saturated heterocycles. The van der Waals surface area contributed by atoms with Gasteiger partial charge in [0.25, 0.3) is 11.6 Å². The van der Waals surface area contributed by atoms with Crippen molar-refractivity contribution < 1.29 is 9.72 Å². The maximum atomic E-state index is 12.4. The highest BCUT2D eigenvalue weighted by Gasteiger charge is 2.16. The van der Waals surface area contributed by atoms with Gasteiger partial charge in [-0.25, -0.2) is 4.98 Å². The van der Waals surface area contributed by atoms with Gasteiger partial charge in [0.2, 0.25) is 0 Å². The van der Waals surface area contributed by atoms with Crippen LogP contribution in [0.15, 0.2) is 48.4 Å². The van der Waals surface area contributed by atoms with E-state index in [0.717, 1.165) is 29.2 Å². The van der Waals surface area contributed by atoms with Crippen LogP contribution in [-0.2, 0) is 6.54 Å². The number of hydrogen-bond acceptors (Lipinski definition) is 5. The van der Waals surface area contributed by atoms with Gasteiger partial charge in [0, 0.05) is 46.6 Å². The van der Waals surface area contributed by atoms with Crippen LogP contribution in [0.5, 0.6) is 0 Å². The number of rotatable bonds is 6. The van der Waals surface area contributed by atoms with Gasteiger partial charge in [-0.3, -0.25) is 20.2 Å². The number of thiazole rings is 1. The number of hydrogen-bond donors (Lipinski definition) is 1. The summed E-state index contributed by atoms with van der Waals surface area (Å²) in [4.78, 5) is 27.2. The van der Waals surface area contributed by atoms with Gasteiger partial charge < -0.3 is 4.57 Å². The van der Waals surface area contributed by atoms with Crippen molar-refractivity contribution in [1.29, 1.82) is 0 Å². The van der Waals surface area contributed by atoms with E-state index >= 15 is 0 Å². The lowest BCUT2D eigenvalue weighted by atomic mass is 10.2. The zero-order valence-electron chi connectivity index (χ0n) is 14.9. The Kier molecular flexibility index (Phi) is 5.18. The molecule has 27 heavy (non-hydrogen) atoms. The summed E-state index contributed by atoms with van der Waals surface area (Å²) in [7, 11) is 0. The monoisotopic (exact) mass is 382 g/mol. The van der Waals surface area contributed by atoms with Crippen LogP contribution in [0.1, 0.15) is 21.7 Å². The van der Waals surface area contributed by atoms with Crippen molar-refractivity contribution in [3.05, 3.63) is 75.4 Å². The van der Waals surface area contributed by atoms with Crippen molar-refractivity contribution >= 4 is 28.1 Å². The van der Waals surface area contributed by atoms with E-state index in [-0.39, 0.29) is 11.3 Å². The SMILES string of the molecule is C=CCn1c(C)cc(-c2csc(NC(=O)c3cccc([N+](=O)[O-])c3)n2)c1C. The van der Waals surface area contributed by atoms with E-state index in [0.29, 0.717) is 5.13 Å². The second-order valence-electron chi connectivity index (χ2n) is 5.98. The van der Waals surface area contributed by atoms with E-state index in [1.165, 1.54) is 35.6 Å². The quantitative estimate of drug-likeness (QED) is 0.384. The van der Waals surface area contributed by atoms with Gasteiger partial charge in [-0.1, -0.05) is 12.1 Å². The van der Waals surface area contributed by atoms with Gasteiger partial charge in [-0.2, -0.15) is 0 Å². The van der Waals surface area contributed by atoms with Crippen LogP contribution in [0.4, 0.5) is 10.8 Å². The molecule has 1 N–H and O–H groups in total. The molecule has 1 aromatic carbocycles. The third-order valence-corrected chi connectivity index (χ3v) is 4.96. The third kappa shape index (κ3) is 3.80. The van der Waals surface area contributed by atoms with E-state index in [1.807, 2.05) is 25.3 Å². The summed E-state index contributed by atoms with van der Waals surface area (Å²) in [6, 6.07) is 7.65. The van der Waals surface area contributed by atoms with E-state index < -0.39 is 10.8 Å². The second kappa shape index (κ2) is 7.55. The minimum absolute atomic E-state index is 0.128. The molecule has 0 fully saturated rings. The smallest absolute Gasteiger partial charge is 0.270 e. The van der Waals surface area contributed by atoms with Crippen LogP contribution in [0.25, 0.3) is 11.3 Å². The van der Waals surface area contributed by atoms with Gasteiger partial charge in [-0.05, 0) is 26.0 Å². The summed E-state index contributed by atoms with van der Waals surface area (Å²) in [5.41, 5.74) is 4.05. The van der Waals surface area contributed by atoms with E-state index in [9.17, 15) is 14.9 Å². The zero-order valence-corrected chi connectivity index (χ0v) is 15.7. The predicted octanol–water partition coefficient (Wildman–Crippen LogP) is 4.57. The molecule has 3 aromatic rings. The number of carbonyl (C=O) groups excluding carboxylic acids is 1. The molecule has 7 nitrogen and oxygen atoms in total. The van der Waals surface area contributed by atoms with Gasteiger partial charge in [0.1, 0.15) is 0 Å². The maximum Gasteiger partial charge on any atom is 0.270 e. The highest BCUT2D eigenvalue weighted by atomic mass is 32.1. The summed E-state index contributed by atoms with van der Waals surface area (Å²) in [5.74, 6) is -0.434. The third-order valence-electron chi connectivity index (χ3n) is 4.21. The summed E-state index contributed by atoms with van der Waals surface area (Å²) in [5, 5.41) is 15.9. The number of nitro benzene ring substituents is 1. The second-order valence-corrected chi connectivity index (χ2v) is 6.84. The van der Waals surface area contributed by atoms with Crippen molar-refractivity contribution in [3.63, 3.8) is 0 Å². The number of anilines is 1. The number of nitrogens with one attached hydrogen (secondary N) is 1. The number of benzene rings is 1. The van der Waals surface area contributed by atoms with Crippen molar-refractivity contribution in [1.82, 2.24) is 9.55 Å². The number of aromatic nitrogens is 2. The topological polar surface area (TPSA) is 90.1 Å². The highest BCUT2D eigenvalue weighted by Crippen LogP contribution is 2.30.